The molecule has 108 valence electrons. The Labute approximate surface area is 122 Å². The number of nitrogens with one attached hydrogen (secondary N) is 2. The van der Waals surface area contributed by atoms with Crippen LogP contribution in [0.1, 0.15) is 33.1 Å². The van der Waals surface area contributed by atoms with Gasteiger partial charge in [0.05, 0.1) is 0 Å². The highest BCUT2D eigenvalue weighted by Crippen LogP contribution is 2.11. The molecule has 0 aliphatic carbocycles. The minimum absolute atomic E-state index is 0. The first kappa shape index (κ1) is 18.1. The molecule has 18 heavy (non-hydrogen) atoms. The second-order valence-electron chi connectivity index (χ2n) is 5.14. The highest BCUT2D eigenvalue weighted by molar-refractivity contribution is 7.99. The van der Waals surface area contributed by atoms with E-state index in [0.29, 0.717) is 0 Å². The van der Waals surface area contributed by atoms with Crippen LogP contribution in [0.4, 0.5) is 0 Å². The number of carbonyl (C=O) groups excluding carboxylic acids is 1. The SMILES string of the molecule is CC(C)CSCCCNC(=O)C1CCNCC1.Cl. The first-order valence-corrected chi connectivity index (χ1v) is 7.91. The highest BCUT2D eigenvalue weighted by Gasteiger charge is 2.19. The summed E-state index contributed by atoms with van der Waals surface area (Å²) >= 11 is 1.99. The van der Waals surface area contributed by atoms with Gasteiger partial charge >= 0.3 is 0 Å². The van der Waals surface area contributed by atoms with Gasteiger partial charge in [-0.3, -0.25) is 4.79 Å². The van der Waals surface area contributed by atoms with Crippen LogP contribution in [0.2, 0.25) is 0 Å². The Morgan fingerprint density at radius 2 is 2.06 bits per heavy atom. The number of carbonyl (C=O) groups is 1. The van der Waals surface area contributed by atoms with Crippen LogP contribution in [0.5, 0.6) is 0 Å². The molecule has 5 heteroatoms. The molecule has 1 saturated heterocycles. The summed E-state index contributed by atoms with van der Waals surface area (Å²) in [5.74, 6) is 3.66. The van der Waals surface area contributed by atoms with Gasteiger partial charge in [-0.05, 0) is 49.8 Å². The maximum absolute atomic E-state index is 11.8. The monoisotopic (exact) mass is 294 g/mol. The fraction of sp³-hybridized carbons (Fsp3) is 0.923. The van der Waals surface area contributed by atoms with Crippen LogP contribution in [-0.2, 0) is 4.79 Å². The summed E-state index contributed by atoms with van der Waals surface area (Å²) in [7, 11) is 0. The summed E-state index contributed by atoms with van der Waals surface area (Å²) in [6, 6.07) is 0. The largest absolute Gasteiger partial charge is 0.356 e. The van der Waals surface area contributed by atoms with Crippen LogP contribution in [0.3, 0.4) is 0 Å². The van der Waals surface area contributed by atoms with Gasteiger partial charge in [-0.25, -0.2) is 0 Å². The molecule has 0 radical (unpaired) electrons. The minimum Gasteiger partial charge on any atom is -0.356 e. The van der Waals surface area contributed by atoms with Gasteiger partial charge in [0, 0.05) is 12.5 Å². The molecule has 1 fully saturated rings. The van der Waals surface area contributed by atoms with Crippen molar-refractivity contribution in [2.45, 2.75) is 33.1 Å². The summed E-state index contributed by atoms with van der Waals surface area (Å²) < 4.78 is 0. The standard InChI is InChI=1S/C13H26N2OS.ClH/c1-11(2)10-17-9-3-6-15-13(16)12-4-7-14-8-5-12;/h11-12,14H,3-10H2,1-2H3,(H,15,16);1H. The van der Waals surface area contributed by atoms with Crippen LogP contribution >= 0.6 is 24.2 Å². The molecule has 0 spiro atoms. The van der Waals surface area contributed by atoms with E-state index < -0.39 is 0 Å². The molecule has 1 aliphatic heterocycles. The fourth-order valence-electron chi connectivity index (χ4n) is 1.93. The van der Waals surface area contributed by atoms with Crippen LogP contribution in [0, 0.1) is 11.8 Å². The molecule has 0 aromatic heterocycles. The highest BCUT2D eigenvalue weighted by atomic mass is 35.5. The molecule has 0 unspecified atom stereocenters. The fourth-order valence-corrected chi connectivity index (χ4v) is 2.92. The first-order chi connectivity index (χ1) is 8.20. The van der Waals surface area contributed by atoms with Crippen LogP contribution in [0.25, 0.3) is 0 Å². The Hall–Kier alpha value is 0.0700. The van der Waals surface area contributed by atoms with Crippen molar-refractivity contribution in [2.75, 3.05) is 31.1 Å². The lowest BCUT2D eigenvalue weighted by atomic mass is 9.97. The average Bonchev–Trinajstić information content (AvgIpc) is 2.34. The summed E-state index contributed by atoms with van der Waals surface area (Å²) in [5, 5.41) is 6.34. The number of hydrogen-bond acceptors (Lipinski definition) is 3. The van der Waals surface area contributed by atoms with E-state index in [2.05, 4.69) is 24.5 Å². The quantitative estimate of drug-likeness (QED) is 0.708. The second-order valence-corrected chi connectivity index (χ2v) is 6.29. The lowest BCUT2D eigenvalue weighted by Crippen LogP contribution is -2.38. The second kappa shape index (κ2) is 10.9. The van der Waals surface area contributed by atoms with Gasteiger partial charge in [-0.15, -0.1) is 12.4 Å². The van der Waals surface area contributed by atoms with Crippen LogP contribution < -0.4 is 10.6 Å². The van der Waals surface area contributed by atoms with Gasteiger partial charge in [0.2, 0.25) is 5.91 Å². The third kappa shape index (κ3) is 8.22. The molecule has 0 saturated carbocycles. The van der Waals surface area contributed by atoms with E-state index in [1.165, 1.54) is 5.75 Å². The zero-order chi connectivity index (χ0) is 12.5. The number of hydrogen-bond donors (Lipinski definition) is 2. The molecule has 1 heterocycles. The predicted octanol–water partition coefficient (Wildman–Crippen LogP) is 2.30. The zero-order valence-electron chi connectivity index (χ0n) is 11.5. The van der Waals surface area contributed by atoms with Crippen molar-refractivity contribution in [3.8, 4) is 0 Å². The van der Waals surface area contributed by atoms with Crippen LogP contribution in [-0.4, -0.2) is 37.0 Å². The summed E-state index contributed by atoms with van der Waals surface area (Å²) in [4.78, 5) is 11.8. The first-order valence-electron chi connectivity index (χ1n) is 6.76. The Balaban J connectivity index is 0.00000289. The third-order valence-electron chi connectivity index (χ3n) is 2.93. The van der Waals surface area contributed by atoms with E-state index >= 15 is 0 Å². The van der Waals surface area contributed by atoms with E-state index in [1.54, 1.807) is 0 Å². The number of piperidine rings is 1. The molecule has 1 rings (SSSR count). The number of amides is 1. The van der Waals surface area contributed by atoms with Gasteiger partial charge in [-0.1, -0.05) is 13.8 Å². The molecular formula is C13H27ClN2OS. The van der Waals surface area contributed by atoms with Gasteiger partial charge in [-0.2, -0.15) is 11.8 Å². The normalized spacial score (nSPS) is 16.4. The lowest BCUT2D eigenvalue weighted by Gasteiger charge is -2.21. The van der Waals surface area contributed by atoms with E-state index in [1.807, 2.05) is 11.8 Å². The van der Waals surface area contributed by atoms with E-state index in [9.17, 15) is 4.79 Å². The molecular weight excluding hydrogens is 268 g/mol. The molecule has 0 aromatic rings. The van der Waals surface area contributed by atoms with Crippen molar-refractivity contribution >= 4 is 30.1 Å². The summed E-state index contributed by atoms with van der Waals surface area (Å²) in [6.45, 7) is 7.30. The Kier molecular flexibility index (Phi) is 11.0. The van der Waals surface area contributed by atoms with Crippen molar-refractivity contribution in [3.05, 3.63) is 0 Å². The minimum atomic E-state index is 0. The van der Waals surface area contributed by atoms with Crippen molar-refractivity contribution in [2.24, 2.45) is 11.8 Å². The van der Waals surface area contributed by atoms with Crippen LogP contribution in [0.15, 0.2) is 0 Å². The molecule has 1 aliphatic rings. The topological polar surface area (TPSA) is 41.1 Å². The van der Waals surface area contributed by atoms with Gasteiger partial charge < -0.3 is 10.6 Å². The molecule has 0 bridgehead atoms. The summed E-state index contributed by atoms with van der Waals surface area (Å²) in [6.07, 6.45) is 3.08. The zero-order valence-corrected chi connectivity index (χ0v) is 13.2. The predicted molar refractivity (Wildman–Crippen MR) is 82.6 cm³/mol. The van der Waals surface area contributed by atoms with Crippen molar-refractivity contribution in [3.63, 3.8) is 0 Å². The molecule has 0 aromatic carbocycles. The van der Waals surface area contributed by atoms with E-state index in [0.717, 1.165) is 50.6 Å². The van der Waals surface area contributed by atoms with E-state index in [-0.39, 0.29) is 24.2 Å². The van der Waals surface area contributed by atoms with Gasteiger partial charge in [0.25, 0.3) is 0 Å². The maximum atomic E-state index is 11.8. The number of rotatable bonds is 7. The molecule has 1 amide bonds. The summed E-state index contributed by atoms with van der Waals surface area (Å²) in [5.41, 5.74) is 0. The molecule has 0 atom stereocenters. The lowest BCUT2D eigenvalue weighted by molar-refractivity contribution is -0.125. The maximum Gasteiger partial charge on any atom is 0.223 e. The number of thioether (sulfide) groups is 1. The van der Waals surface area contributed by atoms with Gasteiger partial charge in [0.15, 0.2) is 0 Å². The Morgan fingerprint density at radius 1 is 1.39 bits per heavy atom. The molecule has 2 N–H and O–H groups in total. The average molecular weight is 295 g/mol. The number of halogens is 1. The smallest absolute Gasteiger partial charge is 0.223 e. The van der Waals surface area contributed by atoms with Crippen molar-refractivity contribution in [1.82, 2.24) is 10.6 Å². The van der Waals surface area contributed by atoms with Gasteiger partial charge in [0.1, 0.15) is 0 Å². The van der Waals surface area contributed by atoms with E-state index in [4.69, 9.17) is 0 Å². The van der Waals surface area contributed by atoms with Crippen molar-refractivity contribution < 1.29 is 4.79 Å². The van der Waals surface area contributed by atoms with Crippen molar-refractivity contribution in [1.29, 1.82) is 0 Å². The molecule has 3 nitrogen and oxygen atoms in total. The Morgan fingerprint density at radius 3 is 2.67 bits per heavy atom. The Bertz CT molecular complexity index is 221. The third-order valence-corrected chi connectivity index (χ3v) is 4.41.